The molecule has 42 heavy (non-hydrogen) atoms. The van der Waals surface area contributed by atoms with Crippen molar-refractivity contribution in [3.63, 3.8) is 0 Å². The van der Waals surface area contributed by atoms with Gasteiger partial charge >= 0.3 is 17.9 Å². The van der Waals surface area contributed by atoms with Crippen LogP contribution >= 0.6 is 0 Å². The molecule has 1 aromatic carbocycles. The summed E-state index contributed by atoms with van der Waals surface area (Å²) < 4.78 is 22.6. The molecule has 1 aromatic rings. The molecule has 5 fully saturated rings. The van der Waals surface area contributed by atoms with E-state index in [2.05, 4.69) is 0 Å². The number of rotatable bonds is 8. The molecule has 5 atom stereocenters. The molecule has 4 aliphatic carbocycles. The average Bonchev–Trinajstić information content (AvgIpc) is 3.16. The van der Waals surface area contributed by atoms with Crippen LogP contribution in [0.25, 0.3) is 0 Å². The van der Waals surface area contributed by atoms with Crippen LogP contribution in [0.4, 0.5) is 0 Å². The van der Waals surface area contributed by atoms with E-state index in [1.807, 2.05) is 0 Å². The van der Waals surface area contributed by atoms with Crippen molar-refractivity contribution in [3.8, 4) is 0 Å². The summed E-state index contributed by atoms with van der Waals surface area (Å²) in [5.74, 6) is -1.79. The Hall–Kier alpha value is -3.35. The van der Waals surface area contributed by atoms with Gasteiger partial charge in [0.05, 0.1) is 11.1 Å². The van der Waals surface area contributed by atoms with Gasteiger partial charge in [-0.25, -0.2) is 9.78 Å². The van der Waals surface area contributed by atoms with Gasteiger partial charge in [0.2, 0.25) is 6.29 Å². The number of hydrogen-bond donors (Lipinski definition) is 0. The molecule has 7 rings (SSSR count). The molecule has 4 bridgehead atoms. The molecule has 0 N–H and O–H groups in total. The van der Waals surface area contributed by atoms with Crippen molar-refractivity contribution in [1.82, 2.24) is 4.90 Å². The smallest absolute Gasteiger partial charge is 0.303 e. The molecule has 12 heteroatoms. The second kappa shape index (κ2) is 11.1. The Balaban J connectivity index is 1.37. The van der Waals surface area contributed by atoms with Gasteiger partial charge in [-0.1, -0.05) is 12.1 Å². The van der Waals surface area contributed by atoms with Crippen LogP contribution in [0.1, 0.15) is 80.0 Å². The molecule has 6 aliphatic rings. The third-order valence-electron chi connectivity index (χ3n) is 9.09. The van der Waals surface area contributed by atoms with Crippen molar-refractivity contribution in [1.29, 1.82) is 0 Å². The highest BCUT2D eigenvalue weighted by Gasteiger charge is 2.59. The van der Waals surface area contributed by atoms with Crippen molar-refractivity contribution in [2.24, 2.45) is 17.8 Å². The van der Waals surface area contributed by atoms with Crippen LogP contribution in [-0.4, -0.2) is 77.5 Å². The minimum absolute atomic E-state index is 0.163. The fourth-order valence-electron chi connectivity index (χ4n) is 8.00. The summed E-state index contributed by atoms with van der Waals surface area (Å²) in [6.07, 6.45) is 0.579. The van der Waals surface area contributed by atoms with Crippen LogP contribution in [0.15, 0.2) is 24.3 Å². The van der Waals surface area contributed by atoms with Gasteiger partial charge in [-0.2, -0.15) is 0 Å². The van der Waals surface area contributed by atoms with Crippen LogP contribution in [-0.2, 0) is 43.1 Å². The molecule has 2 amide bonds. The molecule has 2 aliphatic heterocycles. The van der Waals surface area contributed by atoms with Crippen molar-refractivity contribution in [2.75, 3.05) is 6.61 Å². The first kappa shape index (κ1) is 28.8. The summed E-state index contributed by atoms with van der Waals surface area (Å²) >= 11 is 0. The normalized spacial score (nSPS) is 36.5. The third kappa shape index (κ3) is 5.31. The molecule has 2 heterocycles. The van der Waals surface area contributed by atoms with Crippen LogP contribution in [0.5, 0.6) is 0 Å². The zero-order valence-electron chi connectivity index (χ0n) is 23.8. The maximum atomic E-state index is 13.7. The molecule has 226 valence electrons. The van der Waals surface area contributed by atoms with E-state index in [1.54, 1.807) is 12.1 Å². The topological polar surface area (TPSA) is 144 Å². The number of amides is 2. The number of imide groups is 1. The Bertz CT molecular complexity index is 1220. The van der Waals surface area contributed by atoms with E-state index in [0.717, 1.165) is 38.0 Å². The van der Waals surface area contributed by atoms with Gasteiger partial charge in [-0.05, 0) is 68.4 Å². The van der Waals surface area contributed by atoms with Gasteiger partial charge in [-0.3, -0.25) is 28.9 Å². The Morgan fingerprint density at radius 1 is 0.833 bits per heavy atom. The first-order chi connectivity index (χ1) is 20.0. The Labute approximate surface area is 242 Å². The Morgan fingerprint density at radius 3 is 1.86 bits per heavy atom. The summed E-state index contributed by atoms with van der Waals surface area (Å²) in [5, 5.41) is 0. The highest BCUT2D eigenvalue weighted by Crippen LogP contribution is 2.57. The van der Waals surface area contributed by atoms with Crippen molar-refractivity contribution < 1.29 is 52.7 Å². The van der Waals surface area contributed by atoms with Gasteiger partial charge < -0.3 is 18.9 Å². The minimum atomic E-state index is -1.46. The first-order valence-electron chi connectivity index (χ1n) is 14.5. The maximum absolute atomic E-state index is 13.7. The SMILES string of the molecule is CC(=O)OC[C@H]1O[C@@H](OOC23CC4CC(CC(C4)C2)C3)[C@H](N2C(=O)c3ccccc3C2=O)[C@@H](OC(C)=O)[C@@H]1OC(C)=O. The lowest BCUT2D eigenvalue weighted by atomic mass is 9.54. The lowest BCUT2D eigenvalue weighted by Crippen LogP contribution is -2.68. The standard InChI is InChI=1S/C30H35NO11/c1-15(32)37-14-23-25(38-16(2)33)26(39-17(3)34)24(31-27(35)21-6-4-5-7-22(21)28(31)36)29(40-23)41-42-30-11-18-8-19(12-30)10-20(9-18)13-30/h4-7,18-20,23-26,29H,8-14H2,1-3H3/t18?,19?,20?,23-,24-,25-,26-,29+,30?/m1/s1. The summed E-state index contributed by atoms with van der Waals surface area (Å²) in [6, 6.07) is 4.92. The maximum Gasteiger partial charge on any atom is 0.303 e. The number of ether oxygens (including phenoxy) is 4. The minimum Gasteiger partial charge on any atom is -0.463 e. The second-order valence-corrected chi connectivity index (χ2v) is 12.3. The van der Waals surface area contributed by atoms with E-state index in [1.165, 1.54) is 38.3 Å². The molecular formula is C30H35NO11. The lowest BCUT2D eigenvalue weighted by Gasteiger charge is -2.55. The quantitative estimate of drug-likeness (QED) is 0.146. The van der Waals surface area contributed by atoms with E-state index in [9.17, 15) is 24.0 Å². The fourth-order valence-corrected chi connectivity index (χ4v) is 8.00. The van der Waals surface area contributed by atoms with Crippen LogP contribution in [0.2, 0.25) is 0 Å². The van der Waals surface area contributed by atoms with Gasteiger partial charge in [0.15, 0.2) is 12.2 Å². The predicted molar refractivity (Wildman–Crippen MR) is 140 cm³/mol. The molecule has 12 nitrogen and oxygen atoms in total. The summed E-state index contributed by atoms with van der Waals surface area (Å²) in [5.41, 5.74) is -0.216. The molecule has 1 saturated heterocycles. The molecular weight excluding hydrogens is 550 g/mol. The van der Waals surface area contributed by atoms with E-state index >= 15 is 0 Å². The number of hydrogen-bond acceptors (Lipinski definition) is 11. The number of fused-ring (bicyclic) bond motifs is 1. The number of esters is 3. The second-order valence-electron chi connectivity index (χ2n) is 12.3. The summed E-state index contributed by atoms with van der Waals surface area (Å²) in [6.45, 7) is 3.14. The van der Waals surface area contributed by atoms with E-state index < -0.39 is 66.0 Å². The van der Waals surface area contributed by atoms with E-state index in [4.69, 9.17) is 28.7 Å². The molecule has 0 spiro atoms. The first-order valence-corrected chi connectivity index (χ1v) is 14.5. The highest BCUT2D eigenvalue weighted by atomic mass is 17.2. The molecule has 4 saturated carbocycles. The zero-order valence-corrected chi connectivity index (χ0v) is 23.8. The molecule has 0 aromatic heterocycles. The summed E-state index contributed by atoms with van der Waals surface area (Å²) in [4.78, 5) is 76.8. The largest absolute Gasteiger partial charge is 0.463 e. The number of nitrogens with zero attached hydrogens (tertiary/aromatic N) is 1. The predicted octanol–water partition coefficient (Wildman–Crippen LogP) is 2.72. The molecule has 0 unspecified atom stereocenters. The van der Waals surface area contributed by atoms with Crippen molar-refractivity contribution in [2.45, 2.75) is 95.5 Å². The Morgan fingerprint density at radius 2 is 1.36 bits per heavy atom. The monoisotopic (exact) mass is 585 g/mol. The van der Waals surface area contributed by atoms with Crippen LogP contribution in [0, 0.1) is 17.8 Å². The molecule has 0 radical (unpaired) electrons. The third-order valence-corrected chi connectivity index (χ3v) is 9.09. The Kier molecular flexibility index (Phi) is 7.57. The average molecular weight is 586 g/mol. The van der Waals surface area contributed by atoms with Gasteiger partial charge in [0.25, 0.3) is 11.8 Å². The van der Waals surface area contributed by atoms with E-state index in [-0.39, 0.29) is 17.7 Å². The van der Waals surface area contributed by atoms with Crippen molar-refractivity contribution in [3.05, 3.63) is 35.4 Å². The van der Waals surface area contributed by atoms with Crippen LogP contribution in [0.3, 0.4) is 0 Å². The zero-order chi connectivity index (χ0) is 29.8. The van der Waals surface area contributed by atoms with Crippen LogP contribution < -0.4 is 0 Å². The number of benzene rings is 1. The number of carbonyl (C=O) groups is 5. The number of carbonyl (C=O) groups excluding carboxylic acids is 5. The van der Waals surface area contributed by atoms with Gasteiger partial charge in [0.1, 0.15) is 24.4 Å². The van der Waals surface area contributed by atoms with Gasteiger partial charge in [0, 0.05) is 20.8 Å². The highest BCUT2D eigenvalue weighted by molar-refractivity contribution is 6.21. The van der Waals surface area contributed by atoms with Crippen molar-refractivity contribution >= 4 is 29.7 Å². The fraction of sp³-hybridized carbons (Fsp3) is 0.633. The lowest BCUT2D eigenvalue weighted by molar-refractivity contribution is -0.463. The summed E-state index contributed by atoms with van der Waals surface area (Å²) in [7, 11) is 0. The van der Waals surface area contributed by atoms with Gasteiger partial charge in [-0.15, -0.1) is 0 Å². The van der Waals surface area contributed by atoms with E-state index in [0.29, 0.717) is 17.8 Å².